The summed E-state index contributed by atoms with van der Waals surface area (Å²) < 4.78 is 18.5. The molecule has 3 aliphatic rings. The number of tetrazole rings is 1. The molecule has 5 heterocycles. The SMILES string of the molecule is CC(C)(O/N=C(\C(=O)C[C@@H]1C(=O)N2C(c3nn[nH]n3)=C(C[N+]3(CCNC(=O)c4cc(O)c(O)c(F)c4)CCCC3)CS[C@H]12)c1nsc(N)n1)C(=O)[O-].[Na+]. The Bertz CT molecular complexity index is 1950. The zero-order chi connectivity index (χ0) is 37.4. The van der Waals surface area contributed by atoms with Crippen molar-refractivity contribution in [1.29, 1.82) is 0 Å². The number of carbonyl (C=O) groups excluding carboxylic acids is 4. The number of carboxylic acids is 1. The fraction of sp³-hybridized carbons (Fsp3) is 0.467. The van der Waals surface area contributed by atoms with Crippen molar-refractivity contribution in [1.82, 2.24) is 40.2 Å². The van der Waals surface area contributed by atoms with Crippen LogP contribution in [0.5, 0.6) is 11.5 Å². The van der Waals surface area contributed by atoms with Gasteiger partial charge in [0, 0.05) is 47.7 Å². The summed E-state index contributed by atoms with van der Waals surface area (Å²) in [6.07, 6.45) is 1.56. The number of H-pyrrole nitrogens is 1. The topological polar surface area (TPSA) is 275 Å². The third-order valence-corrected chi connectivity index (χ3v) is 11.1. The van der Waals surface area contributed by atoms with Crippen molar-refractivity contribution in [3.05, 3.63) is 40.7 Å². The van der Waals surface area contributed by atoms with Crippen LogP contribution in [-0.4, -0.2) is 128 Å². The quantitative estimate of drug-likeness (QED) is 0.0264. The number of nitrogens with two attached hydrogens (primary N) is 1. The van der Waals surface area contributed by atoms with E-state index in [0.717, 1.165) is 55.2 Å². The van der Waals surface area contributed by atoms with Gasteiger partial charge < -0.3 is 40.5 Å². The number of rotatable bonds is 14. The Kier molecular flexibility index (Phi) is 12.1. The third kappa shape index (κ3) is 8.31. The van der Waals surface area contributed by atoms with Crippen LogP contribution in [-0.2, 0) is 19.2 Å². The van der Waals surface area contributed by atoms with E-state index in [9.17, 15) is 38.9 Å². The number of quaternary nitrogens is 1. The second kappa shape index (κ2) is 16.0. The molecule has 3 aromatic rings. The number of phenols is 2. The van der Waals surface area contributed by atoms with Gasteiger partial charge >= 0.3 is 29.6 Å². The molecule has 2 aromatic heterocycles. The monoisotopic (exact) mass is 782 g/mol. The van der Waals surface area contributed by atoms with Gasteiger partial charge in [0.2, 0.25) is 17.6 Å². The number of β-lactam (4-membered cyclic amide) rings is 1. The molecular weight excluding hydrogens is 749 g/mol. The number of ketones is 1. The number of carbonyl (C=O) groups is 4. The number of anilines is 1. The minimum absolute atomic E-state index is 0. The average Bonchev–Trinajstić information content (AvgIpc) is 3.89. The van der Waals surface area contributed by atoms with Gasteiger partial charge in [-0.05, 0) is 31.2 Å². The van der Waals surface area contributed by atoms with Gasteiger partial charge in [-0.3, -0.25) is 19.3 Å². The van der Waals surface area contributed by atoms with Crippen molar-refractivity contribution in [3.8, 4) is 11.5 Å². The van der Waals surface area contributed by atoms with E-state index < -0.39 is 51.9 Å². The van der Waals surface area contributed by atoms with Crippen molar-refractivity contribution < 1.29 is 77.8 Å². The zero-order valence-electron chi connectivity index (χ0n) is 28.9. The average molecular weight is 783 g/mol. The molecule has 276 valence electrons. The van der Waals surface area contributed by atoms with E-state index in [2.05, 4.69) is 40.5 Å². The Hall–Kier alpha value is -4.22. The van der Waals surface area contributed by atoms with Crippen LogP contribution in [0.25, 0.3) is 5.70 Å². The summed E-state index contributed by atoms with van der Waals surface area (Å²) >= 11 is 2.27. The maximum atomic E-state index is 13.9. The second-order valence-electron chi connectivity index (χ2n) is 13.1. The molecule has 19 nitrogen and oxygen atoms in total. The van der Waals surface area contributed by atoms with Gasteiger partial charge in [-0.25, -0.2) is 4.39 Å². The number of aromatic nitrogens is 6. The fourth-order valence-electron chi connectivity index (χ4n) is 6.35. The predicted molar refractivity (Wildman–Crippen MR) is 179 cm³/mol. The summed E-state index contributed by atoms with van der Waals surface area (Å²) in [7, 11) is 0. The molecule has 2 amide bonds. The van der Waals surface area contributed by atoms with E-state index in [0.29, 0.717) is 29.0 Å². The summed E-state index contributed by atoms with van der Waals surface area (Å²) in [6, 6.07) is 1.83. The zero-order valence-corrected chi connectivity index (χ0v) is 32.5. The number of nitrogens with zero attached hydrogens (tertiary/aromatic N) is 8. The summed E-state index contributed by atoms with van der Waals surface area (Å²) in [6.45, 7) is 5.21. The molecule has 0 bridgehead atoms. The smallest absolute Gasteiger partial charge is 0.546 e. The molecule has 6 N–H and O–H groups in total. The van der Waals surface area contributed by atoms with Crippen LogP contribution < -0.4 is 45.7 Å². The van der Waals surface area contributed by atoms with Crippen LogP contribution in [0.4, 0.5) is 9.52 Å². The number of hydrogen-bond donors (Lipinski definition) is 5. The number of thioether (sulfide) groups is 1. The molecular formula is C30H34FN11NaO8S2+. The van der Waals surface area contributed by atoms with Gasteiger partial charge in [-0.15, -0.1) is 22.0 Å². The number of aromatic hydroxyl groups is 2. The van der Waals surface area contributed by atoms with E-state index in [1.807, 2.05) is 0 Å². The number of phenolic OH excluding ortho intramolecular Hbond substituents is 2. The van der Waals surface area contributed by atoms with Crippen molar-refractivity contribution in [2.75, 3.05) is 44.2 Å². The number of hydrogen-bond acceptors (Lipinski definition) is 17. The van der Waals surface area contributed by atoms with Crippen LogP contribution in [0.2, 0.25) is 0 Å². The van der Waals surface area contributed by atoms with Crippen molar-refractivity contribution >= 4 is 63.4 Å². The van der Waals surface area contributed by atoms with Gasteiger partial charge in [-0.1, -0.05) is 5.16 Å². The first-order chi connectivity index (χ1) is 24.7. The summed E-state index contributed by atoms with van der Waals surface area (Å²) in [5.74, 6) is -6.27. The molecule has 6 rings (SSSR count). The van der Waals surface area contributed by atoms with Crippen molar-refractivity contribution in [3.63, 3.8) is 0 Å². The second-order valence-corrected chi connectivity index (χ2v) is 15.0. The van der Waals surface area contributed by atoms with Crippen LogP contribution in [0.15, 0.2) is 22.9 Å². The number of Topliss-reactive ketones (excluding diaryl/α,β-unsaturated/α-hetero) is 1. The van der Waals surface area contributed by atoms with Crippen LogP contribution in [0.3, 0.4) is 0 Å². The Balaban J connectivity index is 0.00000541. The van der Waals surface area contributed by atoms with E-state index in [1.165, 1.54) is 25.6 Å². The molecule has 0 saturated carbocycles. The number of likely N-dealkylation sites (tertiary alicyclic amines) is 1. The summed E-state index contributed by atoms with van der Waals surface area (Å²) in [4.78, 5) is 62.3. The first-order valence-electron chi connectivity index (χ1n) is 16.1. The van der Waals surface area contributed by atoms with Crippen LogP contribution >= 0.6 is 23.3 Å². The molecule has 0 radical (unpaired) electrons. The first-order valence-corrected chi connectivity index (χ1v) is 17.9. The normalized spacial score (nSPS) is 19.6. The van der Waals surface area contributed by atoms with Gasteiger partial charge in [0.05, 0.1) is 49.1 Å². The number of carboxylic acid groups (broad SMARTS) is 1. The van der Waals surface area contributed by atoms with Crippen molar-refractivity contribution in [2.24, 2.45) is 11.1 Å². The van der Waals surface area contributed by atoms with Gasteiger partial charge in [0.15, 0.2) is 39.5 Å². The van der Waals surface area contributed by atoms with Gasteiger partial charge in [-0.2, -0.15) is 14.6 Å². The molecule has 3 aliphatic heterocycles. The number of aliphatic carboxylic acids is 1. The van der Waals surface area contributed by atoms with Crippen LogP contribution in [0, 0.1) is 11.7 Å². The van der Waals surface area contributed by atoms with E-state index in [4.69, 9.17) is 10.6 Å². The predicted octanol–water partition coefficient (Wildman–Crippen LogP) is -3.62. The molecule has 0 unspecified atom stereocenters. The minimum Gasteiger partial charge on any atom is -0.546 e. The molecule has 0 spiro atoms. The Morgan fingerprint density at radius 2 is 2.00 bits per heavy atom. The number of amides is 2. The number of halogens is 1. The summed E-state index contributed by atoms with van der Waals surface area (Å²) in [5, 5.41) is 51.3. The molecule has 23 heteroatoms. The number of oxime groups is 1. The largest absolute Gasteiger partial charge is 1.00 e. The number of fused-ring (bicyclic) bond motifs is 1. The molecule has 1 aromatic carbocycles. The number of aromatic amines is 1. The van der Waals surface area contributed by atoms with Crippen LogP contribution in [0.1, 0.15) is 55.1 Å². The molecule has 0 aliphatic carbocycles. The molecule has 2 saturated heterocycles. The fourth-order valence-corrected chi connectivity index (χ4v) is 8.19. The van der Waals surface area contributed by atoms with Crippen molar-refractivity contribution in [2.45, 2.75) is 44.1 Å². The Morgan fingerprint density at radius 1 is 1.26 bits per heavy atom. The van der Waals surface area contributed by atoms with E-state index in [1.54, 1.807) is 4.90 Å². The maximum absolute atomic E-state index is 13.9. The number of nitrogens with one attached hydrogen (secondary N) is 2. The van der Waals surface area contributed by atoms with E-state index >= 15 is 0 Å². The van der Waals surface area contributed by atoms with E-state index in [-0.39, 0.29) is 76.5 Å². The molecule has 2 fully saturated rings. The third-order valence-electron chi connectivity index (χ3n) is 9.11. The summed E-state index contributed by atoms with van der Waals surface area (Å²) in [5.41, 5.74) is 4.67. The number of nitrogen functional groups attached to an aromatic ring is 1. The Labute approximate surface area is 331 Å². The number of benzene rings is 1. The maximum Gasteiger partial charge on any atom is 1.00 e. The molecule has 2 atom stereocenters. The molecule has 53 heavy (non-hydrogen) atoms. The minimum atomic E-state index is -1.88. The standard InChI is InChI=1S/C30H34FN11O8S2.Na/c1-30(2,28(48)49)50-37-20(23-34-29(32)52-38-23)18(43)11-16-26(47)41-21(24-35-39-40-36-24)15(13-51-27(16)41)12-42(6-3-4-7-42)8-5-33-25(46)14-9-17(31)22(45)19(44)10-14;/h9-10,16,27H,3-8,11-13H2,1-2H3,(H6-,32,33,34,35,36,37,38,39,40,43,44,45,46,48,49);/q;+1/t16-,27-;/m1./s1. The Morgan fingerprint density at radius 3 is 2.62 bits per heavy atom. The first kappa shape index (κ1) is 40.0. The van der Waals surface area contributed by atoms with Gasteiger partial charge in [0.25, 0.3) is 5.91 Å². The van der Waals surface area contributed by atoms with Gasteiger partial charge in [0.1, 0.15) is 6.54 Å².